The lowest BCUT2D eigenvalue weighted by Crippen LogP contribution is -2.10. The van der Waals surface area contributed by atoms with Crippen LogP contribution in [0.15, 0.2) is 36.5 Å². The summed E-state index contributed by atoms with van der Waals surface area (Å²) in [6.07, 6.45) is 2.23. The zero-order valence-electron chi connectivity index (χ0n) is 11.1. The molecule has 2 unspecified atom stereocenters. The van der Waals surface area contributed by atoms with Crippen LogP contribution in [-0.4, -0.2) is 30.0 Å². The standard InChI is InChI=1S/C15H17NO3S/c17-15(9-11-6-8-20(18,19)10-11)13-3-1-5-14-12(13)4-2-7-16-14/h1-5,7,11,15,17H,6,8-10H2. The van der Waals surface area contributed by atoms with Crippen LogP contribution in [0.25, 0.3) is 10.9 Å². The van der Waals surface area contributed by atoms with E-state index in [1.165, 1.54) is 0 Å². The van der Waals surface area contributed by atoms with E-state index < -0.39 is 15.9 Å². The quantitative estimate of drug-likeness (QED) is 0.940. The van der Waals surface area contributed by atoms with E-state index >= 15 is 0 Å². The van der Waals surface area contributed by atoms with Crippen LogP contribution in [0.4, 0.5) is 0 Å². The van der Waals surface area contributed by atoms with Gasteiger partial charge in [0.1, 0.15) is 0 Å². The summed E-state index contributed by atoms with van der Waals surface area (Å²) in [6.45, 7) is 0. The number of aliphatic hydroxyl groups is 1. The minimum atomic E-state index is -2.89. The van der Waals surface area contributed by atoms with Crippen molar-refractivity contribution in [3.05, 3.63) is 42.1 Å². The summed E-state index contributed by atoms with van der Waals surface area (Å²) in [5, 5.41) is 11.4. The Labute approximate surface area is 118 Å². The summed E-state index contributed by atoms with van der Waals surface area (Å²) >= 11 is 0. The Balaban J connectivity index is 1.84. The normalized spacial score (nSPS) is 22.9. The third-order valence-electron chi connectivity index (χ3n) is 3.92. The van der Waals surface area contributed by atoms with E-state index in [1.54, 1.807) is 6.20 Å². The lowest BCUT2D eigenvalue weighted by Gasteiger charge is -2.16. The van der Waals surface area contributed by atoms with Gasteiger partial charge in [0.2, 0.25) is 0 Å². The second-order valence-electron chi connectivity index (χ2n) is 5.44. The highest BCUT2D eigenvalue weighted by atomic mass is 32.2. The Kier molecular flexibility index (Phi) is 3.48. The molecule has 1 saturated heterocycles. The summed E-state index contributed by atoms with van der Waals surface area (Å²) in [5.41, 5.74) is 1.68. The molecule has 106 valence electrons. The van der Waals surface area contributed by atoms with E-state index in [1.807, 2.05) is 30.3 Å². The first kappa shape index (κ1) is 13.5. The van der Waals surface area contributed by atoms with Gasteiger partial charge in [0.05, 0.1) is 23.1 Å². The maximum atomic E-state index is 11.5. The van der Waals surface area contributed by atoms with Crippen LogP contribution in [0, 0.1) is 5.92 Å². The molecule has 4 nitrogen and oxygen atoms in total. The first-order valence-corrected chi connectivity index (χ1v) is 8.59. The van der Waals surface area contributed by atoms with Crippen LogP contribution in [0.2, 0.25) is 0 Å². The largest absolute Gasteiger partial charge is 0.388 e. The molecule has 3 rings (SSSR count). The fourth-order valence-corrected chi connectivity index (χ4v) is 4.80. The van der Waals surface area contributed by atoms with E-state index in [-0.39, 0.29) is 17.4 Å². The zero-order valence-corrected chi connectivity index (χ0v) is 11.9. The Hall–Kier alpha value is -1.46. The van der Waals surface area contributed by atoms with Gasteiger partial charge in [0.25, 0.3) is 0 Å². The number of sulfone groups is 1. The highest BCUT2D eigenvalue weighted by Crippen LogP contribution is 2.31. The molecule has 1 N–H and O–H groups in total. The molecule has 1 aromatic heterocycles. The molecule has 1 aromatic carbocycles. The van der Waals surface area contributed by atoms with Crippen LogP contribution in [-0.2, 0) is 9.84 Å². The molecule has 2 heterocycles. The van der Waals surface area contributed by atoms with Crippen molar-refractivity contribution in [3.63, 3.8) is 0 Å². The van der Waals surface area contributed by atoms with Gasteiger partial charge in [0, 0.05) is 11.6 Å². The fraction of sp³-hybridized carbons (Fsp3) is 0.400. The molecule has 5 heteroatoms. The van der Waals surface area contributed by atoms with Gasteiger partial charge in [-0.2, -0.15) is 0 Å². The molecule has 0 aliphatic carbocycles. The number of pyridine rings is 1. The van der Waals surface area contributed by atoms with Crippen molar-refractivity contribution in [1.29, 1.82) is 0 Å². The molecule has 1 aliphatic rings. The summed E-state index contributed by atoms with van der Waals surface area (Å²) in [7, 11) is -2.89. The first-order valence-electron chi connectivity index (χ1n) is 6.77. The molecular formula is C15H17NO3S. The van der Waals surface area contributed by atoms with Crippen molar-refractivity contribution < 1.29 is 13.5 Å². The van der Waals surface area contributed by atoms with E-state index in [9.17, 15) is 13.5 Å². The van der Waals surface area contributed by atoms with Crippen molar-refractivity contribution in [2.75, 3.05) is 11.5 Å². The molecule has 0 bridgehead atoms. The number of rotatable bonds is 3. The second-order valence-corrected chi connectivity index (χ2v) is 7.67. The van der Waals surface area contributed by atoms with Gasteiger partial charge in [-0.3, -0.25) is 4.98 Å². The summed E-state index contributed by atoms with van der Waals surface area (Å²) in [5.74, 6) is 0.510. The minimum Gasteiger partial charge on any atom is -0.388 e. The molecule has 1 aliphatic heterocycles. The lowest BCUT2D eigenvalue weighted by molar-refractivity contribution is 0.150. The predicted octanol–water partition coefficient (Wildman–Crippen LogP) is 2.09. The predicted molar refractivity (Wildman–Crippen MR) is 78.1 cm³/mol. The van der Waals surface area contributed by atoms with E-state index in [2.05, 4.69) is 4.98 Å². The fourth-order valence-electron chi connectivity index (χ4n) is 2.92. The average molecular weight is 291 g/mol. The summed E-state index contributed by atoms with van der Waals surface area (Å²) < 4.78 is 23.0. The van der Waals surface area contributed by atoms with Crippen molar-refractivity contribution >= 4 is 20.7 Å². The Morgan fingerprint density at radius 2 is 2.15 bits per heavy atom. The maximum absolute atomic E-state index is 11.5. The smallest absolute Gasteiger partial charge is 0.150 e. The van der Waals surface area contributed by atoms with Gasteiger partial charge in [-0.25, -0.2) is 8.42 Å². The van der Waals surface area contributed by atoms with Gasteiger partial charge in [-0.1, -0.05) is 18.2 Å². The van der Waals surface area contributed by atoms with Crippen molar-refractivity contribution in [2.45, 2.75) is 18.9 Å². The van der Waals surface area contributed by atoms with Crippen LogP contribution < -0.4 is 0 Å². The summed E-state index contributed by atoms with van der Waals surface area (Å²) in [4.78, 5) is 4.27. The van der Waals surface area contributed by atoms with Crippen LogP contribution in [0.5, 0.6) is 0 Å². The Bertz CT molecular complexity index is 721. The molecule has 2 aromatic rings. The second kappa shape index (κ2) is 5.14. The highest BCUT2D eigenvalue weighted by molar-refractivity contribution is 7.91. The molecule has 20 heavy (non-hydrogen) atoms. The van der Waals surface area contributed by atoms with Crippen molar-refractivity contribution in [3.8, 4) is 0 Å². The molecular weight excluding hydrogens is 274 g/mol. The first-order chi connectivity index (χ1) is 9.55. The number of hydrogen-bond donors (Lipinski definition) is 1. The van der Waals surface area contributed by atoms with E-state index in [0.29, 0.717) is 12.8 Å². The average Bonchev–Trinajstić information content (AvgIpc) is 2.77. The SMILES string of the molecule is O=S1(=O)CCC(CC(O)c2cccc3ncccc23)C1. The number of aromatic nitrogens is 1. The topological polar surface area (TPSA) is 67.3 Å². The van der Waals surface area contributed by atoms with Gasteiger partial charge in [-0.15, -0.1) is 0 Å². The molecule has 1 fully saturated rings. The third-order valence-corrected chi connectivity index (χ3v) is 5.76. The van der Waals surface area contributed by atoms with Crippen LogP contribution in [0.3, 0.4) is 0 Å². The van der Waals surface area contributed by atoms with E-state index in [4.69, 9.17) is 0 Å². The minimum absolute atomic E-state index is 0.0573. The zero-order chi connectivity index (χ0) is 14.2. The van der Waals surface area contributed by atoms with Gasteiger partial charge in [-0.05, 0) is 36.5 Å². The Morgan fingerprint density at radius 3 is 2.90 bits per heavy atom. The lowest BCUT2D eigenvalue weighted by atomic mass is 9.94. The number of aliphatic hydroxyl groups excluding tert-OH is 1. The number of hydrogen-bond acceptors (Lipinski definition) is 4. The summed E-state index contributed by atoms with van der Waals surface area (Å²) in [6, 6.07) is 9.45. The maximum Gasteiger partial charge on any atom is 0.150 e. The molecule has 0 amide bonds. The number of fused-ring (bicyclic) bond motifs is 1. The highest BCUT2D eigenvalue weighted by Gasteiger charge is 2.30. The van der Waals surface area contributed by atoms with Gasteiger partial charge >= 0.3 is 0 Å². The van der Waals surface area contributed by atoms with Crippen LogP contribution >= 0.6 is 0 Å². The van der Waals surface area contributed by atoms with E-state index in [0.717, 1.165) is 16.5 Å². The van der Waals surface area contributed by atoms with Gasteiger partial charge < -0.3 is 5.11 Å². The van der Waals surface area contributed by atoms with Crippen LogP contribution in [0.1, 0.15) is 24.5 Å². The van der Waals surface area contributed by atoms with Crippen molar-refractivity contribution in [2.24, 2.45) is 5.92 Å². The molecule has 0 radical (unpaired) electrons. The Morgan fingerprint density at radius 1 is 1.30 bits per heavy atom. The molecule has 2 atom stereocenters. The number of nitrogens with zero attached hydrogens (tertiary/aromatic N) is 1. The number of benzene rings is 1. The third kappa shape index (κ3) is 2.69. The molecule has 0 spiro atoms. The van der Waals surface area contributed by atoms with Gasteiger partial charge in [0.15, 0.2) is 9.84 Å². The monoisotopic (exact) mass is 291 g/mol. The molecule has 0 saturated carbocycles. The van der Waals surface area contributed by atoms with Crippen molar-refractivity contribution in [1.82, 2.24) is 4.98 Å².